The molecule has 0 radical (unpaired) electrons. The van der Waals surface area contributed by atoms with Crippen LogP contribution >= 0.6 is 0 Å². The van der Waals surface area contributed by atoms with Gasteiger partial charge in [0.2, 0.25) is 5.95 Å². The van der Waals surface area contributed by atoms with Gasteiger partial charge in [-0.1, -0.05) is 18.2 Å². The number of rotatable bonds is 1. The van der Waals surface area contributed by atoms with Gasteiger partial charge in [0.05, 0.1) is 0 Å². The summed E-state index contributed by atoms with van der Waals surface area (Å²) in [5.41, 5.74) is 12.6. The van der Waals surface area contributed by atoms with Gasteiger partial charge >= 0.3 is 0 Å². The van der Waals surface area contributed by atoms with Crippen LogP contribution in [0.4, 0.5) is 11.8 Å². The SMILES string of the molecule is Nc1cc(-c2cc3ccccc3o2)nc(N)n1. The number of hydrogen-bond donors (Lipinski definition) is 2. The van der Waals surface area contributed by atoms with Crippen molar-refractivity contribution in [2.24, 2.45) is 0 Å². The summed E-state index contributed by atoms with van der Waals surface area (Å²) in [7, 11) is 0. The Kier molecular flexibility index (Phi) is 1.98. The monoisotopic (exact) mass is 226 g/mol. The molecule has 0 saturated heterocycles. The second-order valence-corrected chi connectivity index (χ2v) is 3.68. The van der Waals surface area contributed by atoms with E-state index in [-0.39, 0.29) is 5.95 Å². The second kappa shape index (κ2) is 3.48. The van der Waals surface area contributed by atoms with Crippen molar-refractivity contribution in [3.8, 4) is 11.5 Å². The molecule has 5 heteroatoms. The second-order valence-electron chi connectivity index (χ2n) is 3.68. The van der Waals surface area contributed by atoms with Crippen molar-refractivity contribution in [3.63, 3.8) is 0 Å². The molecule has 0 unspecified atom stereocenters. The molecule has 0 saturated carbocycles. The summed E-state index contributed by atoms with van der Waals surface area (Å²) in [6, 6.07) is 11.3. The van der Waals surface area contributed by atoms with Crippen molar-refractivity contribution >= 4 is 22.7 Å². The van der Waals surface area contributed by atoms with E-state index in [1.165, 1.54) is 0 Å². The highest BCUT2D eigenvalue weighted by Crippen LogP contribution is 2.27. The third-order valence-corrected chi connectivity index (χ3v) is 2.44. The molecule has 0 aliphatic rings. The molecule has 0 bridgehead atoms. The van der Waals surface area contributed by atoms with Gasteiger partial charge in [-0.15, -0.1) is 0 Å². The lowest BCUT2D eigenvalue weighted by atomic mass is 10.2. The van der Waals surface area contributed by atoms with E-state index < -0.39 is 0 Å². The summed E-state index contributed by atoms with van der Waals surface area (Å²) in [5, 5.41) is 1.01. The van der Waals surface area contributed by atoms with Crippen LogP contribution in [-0.2, 0) is 0 Å². The number of nitrogens with zero attached hydrogens (tertiary/aromatic N) is 2. The Morgan fingerprint density at radius 2 is 1.82 bits per heavy atom. The average molecular weight is 226 g/mol. The first kappa shape index (κ1) is 9.65. The highest BCUT2D eigenvalue weighted by Gasteiger charge is 2.08. The van der Waals surface area contributed by atoms with Crippen LogP contribution in [0.15, 0.2) is 40.8 Å². The molecule has 0 aliphatic carbocycles. The minimum Gasteiger partial charge on any atom is -0.454 e. The number of furan rings is 1. The number of hydrogen-bond acceptors (Lipinski definition) is 5. The van der Waals surface area contributed by atoms with E-state index in [0.717, 1.165) is 11.0 Å². The summed E-state index contributed by atoms with van der Waals surface area (Å²) in [6.45, 7) is 0. The van der Waals surface area contributed by atoms with Crippen LogP contribution in [0.25, 0.3) is 22.4 Å². The van der Waals surface area contributed by atoms with E-state index in [0.29, 0.717) is 17.3 Å². The number of benzene rings is 1. The van der Waals surface area contributed by atoms with E-state index >= 15 is 0 Å². The lowest BCUT2D eigenvalue weighted by Crippen LogP contribution is -2.00. The standard InChI is InChI=1S/C12H10N4O/c13-11-6-8(15-12(14)16-11)10-5-7-3-1-2-4-9(7)17-10/h1-6H,(H4,13,14,15,16). The molecular weight excluding hydrogens is 216 g/mol. The van der Waals surface area contributed by atoms with Gasteiger partial charge in [-0.05, 0) is 12.1 Å². The summed E-state index contributed by atoms with van der Waals surface area (Å²) in [5.74, 6) is 1.10. The highest BCUT2D eigenvalue weighted by atomic mass is 16.3. The molecule has 0 aliphatic heterocycles. The molecule has 3 aromatic rings. The molecule has 84 valence electrons. The third kappa shape index (κ3) is 1.67. The van der Waals surface area contributed by atoms with Crippen LogP contribution in [0.5, 0.6) is 0 Å². The number of nitrogen functional groups attached to an aromatic ring is 2. The first-order valence-electron chi connectivity index (χ1n) is 5.11. The first-order chi connectivity index (χ1) is 8.22. The van der Waals surface area contributed by atoms with E-state index in [9.17, 15) is 0 Å². The van der Waals surface area contributed by atoms with Gasteiger partial charge in [-0.3, -0.25) is 0 Å². The lowest BCUT2D eigenvalue weighted by molar-refractivity contribution is 0.628. The largest absolute Gasteiger partial charge is 0.454 e. The van der Waals surface area contributed by atoms with Crippen molar-refractivity contribution < 1.29 is 4.42 Å². The molecule has 0 atom stereocenters. The predicted molar refractivity (Wildman–Crippen MR) is 66.1 cm³/mol. The third-order valence-electron chi connectivity index (χ3n) is 2.44. The van der Waals surface area contributed by atoms with E-state index in [1.807, 2.05) is 30.3 Å². The lowest BCUT2D eigenvalue weighted by Gasteiger charge is -1.99. The molecule has 1 aromatic carbocycles. The van der Waals surface area contributed by atoms with Gasteiger partial charge in [0.15, 0.2) is 5.76 Å². The fourth-order valence-corrected chi connectivity index (χ4v) is 1.72. The average Bonchev–Trinajstić information content (AvgIpc) is 2.71. The molecular formula is C12H10N4O. The van der Waals surface area contributed by atoms with Crippen LogP contribution in [-0.4, -0.2) is 9.97 Å². The Hall–Kier alpha value is -2.56. The van der Waals surface area contributed by atoms with Gasteiger partial charge < -0.3 is 15.9 Å². The molecule has 3 rings (SSSR count). The Bertz CT molecular complexity index is 637. The van der Waals surface area contributed by atoms with Gasteiger partial charge in [-0.25, -0.2) is 4.98 Å². The maximum atomic E-state index is 5.66. The maximum absolute atomic E-state index is 5.66. The maximum Gasteiger partial charge on any atom is 0.222 e. The number of aromatic nitrogens is 2. The summed E-state index contributed by atoms with van der Waals surface area (Å²) < 4.78 is 5.66. The number of nitrogens with two attached hydrogens (primary N) is 2. The summed E-state index contributed by atoms with van der Waals surface area (Å²) in [4.78, 5) is 7.91. The van der Waals surface area contributed by atoms with E-state index in [2.05, 4.69) is 9.97 Å². The zero-order valence-corrected chi connectivity index (χ0v) is 8.92. The van der Waals surface area contributed by atoms with Crippen LogP contribution < -0.4 is 11.5 Å². The Labute approximate surface area is 97.1 Å². The van der Waals surface area contributed by atoms with Crippen molar-refractivity contribution in [2.75, 3.05) is 11.5 Å². The quantitative estimate of drug-likeness (QED) is 0.662. The van der Waals surface area contributed by atoms with Crippen molar-refractivity contribution in [1.29, 1.82) is 0 Å². The molecule has 0 spiro atoms. The fraction of sp³-hybridized carbons (Fsp3) is 0. The smallest absolute Gasteiger partial charge is 0.222 e. The Morgan fingerprint density at radius 1 is 1.00 bits per heavy atom. The van der Waals surface area contributed by atoms with E-state index in [1.54, 1.807) is 6.07 Å². The molecule has 4 N–H and O–H groups in total. The zero-order valence-electron chi connectivity index (χ0n) is 8.92. The number of fused-ring (bicyclic) bond motifs is 1. The molecule has 2 heterocycles. The molecule has 5 nitrogen and oxygen atoms in total. The van der Waals surface area contributed by atoms with E-state index in [4.69, 9.17) is 15.9 Å². The summed E-state index contributed by atoms with van der Waals surface area (Å²) >= 11 is 0. The van der Waals surface area contributed by atoms with Crippen molar-refractivity contribution in [2.45, 2.75) is 0 Å². The molecule has 0 amide bonds. The number of para-hydroxylation sites is 1. The molecule has 2 aromatic heterocycles. The first-order valence-corrected chi connectivity index (χ1v) is 5.11. The van der Waals surface area contributed by atoms with Crippen LogP contribution in [0.2, 0.25) is 0 Å². The molecule has 17 heavy (non-hydrogen) atoms. The Morgan fingerprint density at radius 3 is 2.59 bits per heavy atom. The highest BCUT2D eigenvalue weighted by molar-refractivity contribution is 5.82. The summed E-state index contributed by atoms with van der Waals surface area (Å²) in [6.07, 6.45) is 0. The topological polar surface area (TPSA) is 91.0 Å². The van der Waals surface area contributed by atoms with Gasteiger partial charge in [0.1, 0.15) is 17.1 Å². The predicted octanol–water partition coefficient (Wildman–Crippen LogP) is 2.05. The van der Waals surface area contributed by atoms with Gasteiger partial charge in [0.25, 0.3) is 0 Å². The van der Waals surface area contributed by atoms with Gasteiger partial charge in [-0.2, -0.15) is 4.98 Å². The number of anilines is 2. The minimum absolute atomic E-state index is 0.139. The minimum atomic E-state index is 0.139. The van der Waals surface area contributed by atoms with Crippen molar-refractivity contribution in [3.05, 3.63) is 36.4 Å². The van der Waals surface area contributed by atoms with Crippen LogP contribution in [0, 0.1) is 0 Å². The van der Waals surface area contributed by atoms with Crippen LogP contribution in [0.3, 0.4) is 0 Å². The van der Waals surface area contributed by atoms with Crippen molar-refractivity contribution in [1.82, 2.24) is 9.97 Å². The van der Waals surface area contributed by atoms with Crippen LogP contribution in [0.1, 0.15) is 0 Å². The zero-order chi connectivity index (χ0) is 11.8. The normalized spacial score (nSPS) is 10.8. The Balaban J connectivity index is 2.20. The molecule has 0 fully saturated rings. The fourth-order valence-electron chi connectivity index (χ4n) is 1.72. The van der Waals surface area contributed by atoms with Gasteiger partial charge in [0, 0.05) is 11.5 Å².